The van der Waals surface area contributed by atoms with E-state index < -0.39 is 11.5 Å². The second kappa shape index (κ2) is 5.85. The molecule has 0 radical (unpaired) electrons. The third kappa shape index (κ3) is 2.69. The van der Waals surface area contributed by atoms with Gasteiger partial charge in [-0.1, -0.05) is 43.3 Å². The molecule has 4 heteroatoms. The number of hydrogen-bond acceptors (Lipinski definition) is 4. The number of aryl methyl sites for hydroxylation is 1. The van der Waals surface area contributed by atoms with Gasteiger partial charge in [0.15, 0.2) is 0 Å². The number of nitrogens with zero attached hydrogens (tertiary/aromatic N) is 1. The molecule has 128 valence electrons. The maximum Gasteiger partial charge on any atom is 0.137 e. The molecule has 0 saturated heterocycles. The highest BCUT2D eigenvalue weighted by atomic mass is 16.5. The number of fused-ring (bicyclic) bond motifs is 1. The molecular formula is C20H25NO3. The Kier molecular flexibility index (Phi) is 4.12. The van der Waals surface area contributed by atoms with E-state index in [1.54, 1.807) is 13.8 Å². The van der Waals surface area contributed by atoms with E-state index in [-0.39, 0.29) is 11.7 Å². The molecule has 0 amide bonds. The minimum Gasteiger partial charge on any atom is -0.389 e. The van der Waals surface area contributed by atoms with Crippen molar-refractivity contribution in [3.63, 3.8) is 0 Å². The van der Waals surface area contributed by atoms with Crippen molar-refractivity contribution in [2.75, 3.05) is 0 Å². The predicted octanol–water partition coefficient (Wildman–Crippen LogP) is 3.75. The minimum atomic E-state index is -1.14. The van der Waals surface area contributed by atoms with Crippen LogP contribution in [0.25, 0.3) is 0 Å². The van der Waals surface area contributed by atoms with E-state index in [2.05, 4.69) is 43.3 Å². The van der Waals surface area contributed by atoms with Crippen molar-refractivity contribution in [1.29, 1.82) is 0 Å². The molecule has 1 aliphatic rings. The van der Waals surface area contributed by atoms with Gasteiger partial charge in [-0.15, -0.1) is 0 Å². The summed E-state index contributed by atoms with van der Waals surface area (Å²) in [5.74, 6) is 0.431. The first kappa shape index (κ1) is 16.9. The summed E-state index contributed by atoms with van der Waals surface area (Å²) in [4.78, 5) is 12.4. The van der Waals surface area contributed by atoms with Gasteiger partial charge in [-0.2, -0.15) is 0 Å². The van der Waals surface area contributed by atoms with Gasteiger partial charge in [-0.25, -0.2) is 0 Å². The summed E-state index contributed by atoms with van der Waals surface area (Å²) >= 11 is 0. The smallest absolute Gasteiger partial charge is 0.137 e. The topological polar surface area (TPSA) is 63.3 Å². The maximum absolute atomic E-state index is 12.4. The number of rotatable bonds is 3. The normalized spacial score (nSPS) is 26.5. The lowest BCUT2D eigenvalue weighted by Gasteiger charge is -2.40. The monoisotopic (exact) mass is 327 g/mol. The summed E-state index contributed by atoms with van der Waals surface area (Å²) in [7, 11) is 0. The Morgan fingerprint density at radius 1 is 1.33 bits per heavy atom. The maximum atomic E-state index is 12.4. The Hall–Kier alpha value is -1.94. The molecule has 1 aromatic heterocycles. The zero-order chi connectivity index (χ0) is 17.6. The molecule has 4 nitrogen and oxygen atoms in total. The fraction of sp³-hybridized carbons (Fsp3) is 0.500. The van der Waals surface area contributed by atoms with Crippen LogP contribution in [0, 0.1) is 12.8 Å². The van der Waals surface area contributed by atoms with E-state index in [1.165, 1.54) is 5.56 Å². The minimum absolute atomic E-state index is 0.0100. The first-order chi connectivity index (χ1) is 11.2. The Labute approximate surface area is 142 Å². The zero-order valence-electron chi connectivity index (χ0n) is 15.0. The summed E-state index contributed by atoms with van der Waals surface area (Å²) in [6.45, 7) is 9.46. The standard InChI is InChI=1S/C20H25NO3/c1-11(2)14-6-8-15(9-7-14)18-17-13(4)24-21-16(17)10-20(5,23)19(18)12(3)22/h6-9,11,18-19,23H,10H2,1-5H3/t18-,19+,20-/m1/s1. The second-order valence-electron chi connectivity index (χ2n) is 7.52. The molecule has 3 atom stereocenters. The van der Waals surface area contributed by atoms with Crippen molar-refractivity contribution in [1.82, 2.24) is 5.16 Å². The van der Waals surface area contributed by atoms with Gasteiger partial charge >= 0.3 is 0 Å². The number of carbonyl (C=O) groups is 1. The van der Waals surface area contributed by atoms with Crippen LogP contribution in [0.3, 0.4) is 0 Å². The average Bonchev–Trinajstić information content (AvgIpc) is 2.85. The van der Waals surface area contributed by atoms with Crippen molar-refractivity contribution < 1.29 is 14.4 Å². The number of aliphatic hydroxyl groups is 1. The van der Waals surface area contributed by atoms with Crippen LogP contribution in [0.4, 0.5) is 0 Å². The average molecular weight is 327 g/mol. The highest BCUT2D eigenvalue weighted by Gasteiger charge is 2.49. The van der Waals surface area contributed by atoms with Crippen LogP contribution in [-0.4, -0.2) is 21.6 Å². The molecule has 2 aromatic rings. The van der Waals surface area contributed by atoms with Gasteiger partial charge in [0.05, 0.1) is 17.2 Å². The molecule has 0 bridgehead atoms. The lowest BCUT2D eigenvalue weighted by Crippen LogP contribution is -2.48. The summed E-state index contributed by atoms with van der Waals surface area (Å²) in [6.07, 6.45) is 0.338. The highest BCUT2D eigenvalue weighted by Crippen LogP contribution is 2.47. The van der Waals surface area contributed by atoms with Crippen molar-refractivity contribution >= 4 is 5.78 Å². The molecule has 1 N–H and O–H groups in total. The van der Waals surface area contributed by atoms with Gasteiger partial charge in [-0.05, 0) is 37.8 Å². The number of carbonyl (C=O) groups excluding carboxylic acids is 1. The van der Waals surface area contributed by atoms with Gasteiger partial charge < -0.3 is 9.63 Å². The Balaban J connectivity index is 2.17. The number of aromatic nitrogens is 1. The third-order valence-corrected chi connectivity index (χ3v) is 5.22. The lowest BCUT2D eigenvalue weighted by atomic mass is 9.64. The molecule has 0 spiro atoms. The fourth-order valence-electron chi connectivity index (χ4n) is 4.05. The van der Waals surface area contributed by atoms with Crippen molar-refractivity contribution in [2.24, 2.45) is 5.92 Å². The van der Waals surface area contributed by atoms with Crippen LogP contribution in [0.15, 0.2) is 28.8 Å². The molecule has 24 heavy (non-hydrogen) atoms. The molecule has 1 aromatic carbocycles. The fourth-order valence-corrected chi connectivity index (χ4v) is 4.05. The van der Waals surface area contributed by atoms with Gasteiger partial charge in [-0.3, -0.25) is 4.79 Å². The van der Waals surface area contributed by atoms with Gasteiger partial charge in [0.2, 0.25) is 0 Å². The summed E-state index contributed by atoms with van der Waals surface area (Å²) in [5.41, 5.74) is 2.85. The van der Waals surface area contributed by atoms with Gasteiger partial charge in [0.1, 0.15) is 11.5 Å². The Morgan fingerprint density at radius 2 is 1.96 bits per heavy atom. The molecule has 1 heterocycles. The van der Waals surface area contributed by atoms with E-state index in [0.29, 0.717) is 12.3 Å². The van der Waals surface area contributed by atoms with Gasteiger partial charge in [0.25, 0.3) is 0 Å². The largest absolute Gasteiger partial charge is 0.389 e. The third-order valence-electron chi connectivity index (χ3n) is 5.22. The summed E-state index contributed by atoms with van der Waals surface area (Å²) < 4.78 is 5.38. The predicted molar refractivity (Wildman–Crippen MR) is 92.1 cm³/mol. The zero-order valence-corrected chi connectivity index (χ0v) is 15.0. The van der Waals surface area contributed by atoms with E-state index in [0.717, 1.165) is 22.6 Å². The van der Waals surface area contributed by atoms with E-state index in [9.17, 15) is 9.90 Å². The van der Waals surface area contributed by atoms with Crippen LogP contribution in [0.1, 0.15) is 67.7 Å². The summed E-state index contributed by atoms with van der Waals surface area (Å²) in [5, 5.41) is 15.1. The quantitative estimate of drug-likeness (QED) is 0.932. The second-order valence-corrected chi connectivity index (χ2v) is 7.52. The number of hydrogen-bond donors (Lipinski definition) is 1. The van der Waals surface area contributed by atoms with Crippen molar-refractivity contribution in [2.45, 2.75) is 58.5 Å². The molecule has 0 unspecified atom stereocenters. The molecule has 0 saturated carbocycles. The lowest BCUT2D eigenvalue weighted by molar-refractivity contribution is -0.130. The van der Waals surface area contributed by atoms with Crippen LogP contribution >= 0.6 is 0 Å². The SMILES string of the molecule is CC(=O)[C@H]1[C@H](c2ccc(C(C)C)cc2)c2c(noc2C)C[C@@]1(C)O. The molecule has 0 fully saturated rings. The molecule has 1 aliphatic carbocycles. The Bertz CT molecular complexity index is 756. The molecule has 3 rings (SSSR count). The van der Waals surface area contributed by atoms with Crippen molar-refractivity contribution in [3.05, 3.63) is 52.4 Å². The number of benzene rings is 1. The van der Waals surface area contributed by atoms with Crippen LogP contribution in [-0.2, 0) is 11.2 Å². The van der Waals surface area contributed by atoms with Crippen LogP contribution < -0.4 is 0 Å². The first-order valence-corrected chi connectivity index (χ1v) is 8.50. The number of ketones is 1. The van der Waals surface area contributed by atoms with E-state index in [4.69, 9.17) is 4.52 Å². The Morgan fingerprint density at radius 3 is 2.50 bits per heavy atom. The van der Waals surface area contributed by atoms with E-state index in [1.807, 2.05) is 6.92 Å². The first-order valence-electron chi connectivity index (χ1n) is 8.50. The van der Waals surface area contributed by atoms with Crippen LogP contribution in [0.2, 0.25) is 0 Å². The molecular weight excluding hydrogens is 302 g/mol. The van der Waals surface area contributed by atoms with Crippen molar-refractivity contribution in [3.8, 4) is 0 Å². The highest BCUT2D eigenvalue weighted by molar-refractivity contribution is 5.82. The van der Waals surface area contributed by atoms with Gasteiger partial charge in [0, 0.05) is 17.9 Å². The summed E-state index contributed by atoms with van der Waals surface area (Å²) in [6, 6.07) is 8.33. The number of Topliss-reactive ketones (excluding diaryl/α,β-unsaturated/α-hetero) is 1. The van der Waals surface area contributed by atoms with E-state index >= 15 is 0 Å². The molecule has 0 aliphatic heterocycles. The van der Waals surface area contributed by atoms with Crippen LogP contribution in [0.5, 0.6) is 0 Å².